The second-order valence-corrected chi connectivity index (χ2v) is 4.97. The number of nitrogens with zero attached hydrogens (tertiary/aromatic N) is 1. The highest BCUT2D eigenvalue weighted by molar-refractivity contribution is 9.10. The van der Waals surface area contributed by atoms with E-state index in [9.17, 15) is 4.39 Å². The van der Waals surface area contributed by atoms with E-state index in [0.29, 0.717) is 22.3 Å². The number of benzene rings is 2. The molecule has 0 aromatic heterocycles. The molecule has 0 saturated heterocycles. The topological polar surface area (TPSA) is 45.0 Å². The third-order valence-corrected chi connectivity index (χ3v) is 3.55. The summed E-state index contributed by atoms with van der Waals surface area (Å²) in [5, 5.41) is 12.1. The molecule has 2 aromatic carbocycles. The summed E-state index contributed by atoms with van der Waals surface area (Å²) in [6, 6.07) is 11.8. The van der Waals surface area contributed by atoms with Crippen LogP contribution in [0.2, 0.25) is 0 Å². The van der Waals surface area contributed by atoms with E-state index in [0.717, 1.165) is 11.3 Å². The number of methoxy groups -OCH3 is 1. The zero-order chi connectivity index (χ0) is 14.5. The molecule has 20 heavy (non-hydrogen) atoms. The first kappa shape index (κ1) is 14.4. The Morgan fingerprint density at radius 3 is 2.75 bits per heavy atom. The van der Waals surface area contributed by atoms with Gasteiger partial charge in [-0.2, -0.15) is 5.26 Å². The lowest BCUT2D eigenvalue weighted by molar-refractivity contribution is 0.416. The number of anilines is 1. The molecule has 5 heteroatoms. The van der Waals surface area contributed by atoms with Gasteiger partial charge in [-0.1, -0.05) is 22.0 Å². The normalized spacial score (nSPS) is 9.90. The number of nitriles is 1. The molecule has 0 aliphatic heterocycles. The fourth-order valence-electron chi connectivity index (χ4n) is 1.76. The minimum absolute atomic E-state index is 0.281. The van der Waals surface area contributed by atoms with Crippen LogP contribution in [0.4, 0.5) is 10.1 Å². The summed E-state index contributed by atoms with van der Waals surface area (Å²) in [5.41, 5.74) is 2.25. The molecule has 0 heterocycles. The summed E-state index contributed by atoms with van der Waals surface area (Å²) in [7, 11) is 1.55. The van der Waals surface area contributed by atoms with Crippen molar-refractivity contribution >= 4 is 21.6 Å². The van der Waals surface area contributed by atoms with Crippen molar-refractivity contribution < 1.29 is 9.13 Å². The molecule has 1 N–H and O–H groups in total. The van der Waals surface area contributed by atoms with E-state index >= 15 is 0 Å². The van der Waals surface area contributed by atoms with Gasteiger partial charge < -0.3 is 10.1 Å². The van der Waals surface area contributed by atoms with Gasteiger partial charge in [0.1, 0.15) is 11.6 Å². The summed E-state index contributed by atoms with van der Waals surface area (Å²) in [5.74, 6) is 0.318. The Balaban J connectivity index is 2.16. The van der Waals surface area contributed by atoms with Gasteiger partial charge in [-0.3, -0.25) is 0 Å². The molecular weight excluding hydrogens is 323 g/mol. The fraction of sp³-hybridized carbons (Fsp3) is 0.133. The maximum absolute atomic E-state index is 13.0. The molecule has 102 valence electrons. The van der Waals surface area contributed by atoms with Crippen LogP contribution < -0.4 is 10.1 Å². The average Bonchev–Trinajstić information content (AvgIpc) is 2.46. The van der Waals surface area contributed by atoms with Gasteiger partial charge in [0.05, 0.1) is 24.4 Å². The van der Waals surface area contributed by atoms with Crippen molar-refractivity contribution in [1.82, 2.24) is 0 Å². The summed E-state index contributed by atoms with van der Waals surface area (Å²) >= 11 is 3.32. The second kappa shape index (κ2) is 6.40. The molecule has 0 saturated carbocycles. The van der Waals surface area contributed by atoms with Crippen LogP contribution in [0.5, 0.6) is 5.75 Å². The van der Waals surface area contributed by atoms with Gasteiger partial charge >= 0.3 is 0 Å². The molecule has 0 amide bonds. The zero-order valence-corrected chi connectivity index (χ0v) is 12.4. The monoisotopic (exact) mass is 334 g/mol. The molecule has 0 bridgehead atoms. The Kier molecular flexibility index (Phi) is 4.59. The Morgan fingerprint density at radius 2 is 2.10 bits per heavy atom. The van der Waals surface area contributed by atoms with E-state index in [-0.39, 0.29) is 5.82 Å². The molecule has 0 spiro atoms. The Morgan fingerprint density at radius 1 is 1.30 bits per heavy atom. The van der Waals surface area contributed by atoms with E-state index in [4.69, 9.17) is 10.00 Å². The quantitative estimate of drug-likeness (QED) is 0.916. The molecular formula is C15H12BrFN2O. The first-order valence-corrected chi connectivity index (χ1v) is 6.69. The molecule has 2 rings (SSSR count). The van der Waals surface area contributed by atoms with E-state index in [1.54, 1.807) is 31.4 Å². The maximum Gasteiger partial charge on any atom is 0.143 e. The van der Waals surface area contributed by atoms with Gasteiger partial charge in [0.25, 0.3) is 0 Å². The Bertz CT molecular complexity index is 667. The third kappa shape index (κ3) is 3.28. The van der Waals surface area contributed by atoms with Crippen molar-refractivity contribution in [3.8, 4) is 11.8 Å². The largest absolute Gasteiger partial charge is 0.495 e. The SMILES string of the molecule is COc1cc(C#N)ccc1NCc1ccc(F)cc1Br. The highest BCUT2D eigenvalue weighted by atomic mass is 79.9. The van der Waals surface area contributed by atoms with Crippen molar-refractivity contribution in [3.63, 3.8) is 0 Å². The smallest absolute Gasteiger partial charge is 0.143 e. The van der Waals surface area contributed by atoms with Gasteiger partial charge in [0.2, 0.25) is 0 Å². The van der Waals surface area contributed by atoms with Crippen LogP contribution in [0.1, 0.15) is 11.1 Å². The number of rotatable bonds is 4. The van der Waals surface area contributed by atoms with Crippen LogP contribution in [0.15, 0.2) is 40.9 Å². The second-order valence-electron chi connectivity index (χ2n) is 4.12. The minimum Gasteiger partial charge on any atom is -0.495 e. The van der Waals surface area contributed by atoms with E-state index in [2.05, 4.69) is 27.3 Å². The summed E-state index contributed by atoms with van der Waals surface area (Å²) in [6.45, 7) is 0.517. The lowest BCUT2D eigenvalue weighted by Crippen LogP contribution is -2.02. The molecule has 0 radical (unpaired) electrons. The lowest BCUT2D eigenvalue weighted by Gasteiger charge is -2.12. The van der Waals surface area contributed by atoms with Gasteiger partial charge in [-0.25, -0.2) is 4.39 Å². The number of hydrogen-bond acceptors (Lipinski definition) is 3. The molecule has 0 atom stereocenters. The van der Waals surface area contributed by atoms with Crippen LogP contribution in [0.25, 0.3) is 0 Å². The third-order valence-electron chi connectivity index (χ3n) is 2.82. The predicted molar refractivity (Wildman–Crippen MR) is 79.1 cm³/mol. The van der Waals surface area contributed by atoms with Crippen LogP contribution in [-0.4, -0.2) is 7.11 Å². The highest BCUT2D eigenvalue weighted by Gasteiger charge is 2.06. The summed E-state index contributed by atoms with van der Waals surface area (Å²) < 4.78 is 19.0. The molecule has 0 fully saturated rings. The molecule has 0 aliphatic carbocycles. The van der Waals surface area contributed by atoms with Gasteiger partial charge in [0.15, 0.2) is 0 Å². The number of hydrogen-bond donors (Lipinski definition) is 1. The van der Waals surface area contributed by atoms with Crippen LogP contribution in [0, 0.1) is 17.1 Å². The maximum atomic E-state index is 13.0. The van der Waals surface area contributed by atoms with Crippen molar-refractivity contribution in [1.29, 1.82) is 5.26 Å². The fourth-order valence-corrected chi connectivity index (χ4v) is 2.25. The van der Waals surface area contributed by atoms with E-state index in [1.807, 2.05) is 0 Å². The first-order chi connectivity index (χ1) is 9.63. The minimum atomic E-state index is -0.281. The van der Waals surface area contributed by atoms with Crippen LogP contribution in [0.3, 0.4) is 0 Å². The van der Waals surface area contributed by atoms with Crippen molar-refractivity contribution in [2.75, 3.05) is 12.4 Å². The van der Waals surface area contributed by atoms with E-state index in [1.165, 1.54) is 12.1 Å². The molecule has 3 nitrogen and oxygen atoms in total. The van der Waals surface area contributed by atoms with Crippen LogP contribution in [-0.2, 0) is 6.54 Å². The summed E-state index contributed by atoms with van der Waals surface area (Å²) in [6.07, 6.45) is 0. The Hall–Kier alpha value is -2.06. The standard InChI is InChI=1S/C15H12BrFN2O/c1-20-15-6-10(8-18)2-5-14(15)19-9-11-3-4-12(17)7-13(11)16/h2-7,19H,9H2,1H3. The average molecular weight is 335 g/mol. The molecule has 0 unspecified atom stereocenters. The first-order valence-electron chi connectivity index (χ1n) is 5.90. The number of ether oxygens (including phenoxy) is 1. The van der Waals surface area contributed by atoms with E-state index < -0.39 is 0 Å². The summed E-state index contributed by atoms with van der Waals surface area (Å²) in [4.78, 5) is 0. The zero-order valence-electron chi connectivity index (χ0n) is 10.8. The van der Waals surface area contributed by atoms with Crippen molar-refractivity contribution in [3.05, 3.63) is 57.8 Å². The highest BCUT2D eigenvalue weighted by Crippen LogP contribution is 2.27. The molecule has 2 aromatic rings. The number of nitrogens with one attached hydrogen (secondary N) is 1. The Labute approximate surface area is 125 Å². The lowest BCUT2D eigenvalue weighted by atomic mass is 10.2. The predicted octanol–water partition coefficient (Wildman–Crippen LogP) is 4.08. The van der Waals surface area contributed by atoms with Gasteiger partial charge in [0, 0.05) is 17.1 Å². The number of halogens is 2. The van der Waals surface area contributed by atoms with Gasteiger partial charge in [-0.15, -0.1) is 0 Å². The van der Waals surface area contributed by atoms with Gasteiger partial charge in [-0.05, 0) is 29.8 Å². The van der Waals surface area contributed by atoms with Crippen molar-refractivity contribution in [2.45, 2.75) is 6.54 Å². The van der Waals surface area contributed by atoms with Crippen molar-refractivity contribution in [2.24, 2.45) is 0 Å². The van der Waals surface area contributed by atoms with Crippen LogP contribution >= 0.6 is 15.9 Å². The molecule has 0 aliphatic rings.